The highest BCUT2D eigenvalue weighted by Gasteiger charge is 2.24. The number of carbonyl (C=O) groups is 1. The topological polar surface area (TPSA) is 54.0 Å². The summed E-state index contributed by atoms with van der Waals surface area (Å²) in [4.78, 5) is 15.9. The molecule has 1 aromatic heterocycles. The third-order valence-electron chi connectivity index (χ3n) is 4.40. The van der Waals surface area contributed by atoms with Crippen molar-refractivity contribution in [3.63, 3.8) is 0 Å². The zero-order chi connectivity index (χ0) is 15.1. The fourth-order valence-corrected chi connectivity index (χ4v) is 3.13. The van der Waals surface area contributed by atoms with Crippen molar-refractivity contribution in [1.82, 2.24) is 15.6 Å². The Hall–Kier alpha value is -1.42. The Bertz CT molecular complexity index is 435. The van der Waals surface area contributed by atoms with Gasteiger partial charge in [-0.25, -0.2) is 0 Å². The van der Waals surface area contributed by atoms with E-state index in [1.807, 2.05) is 12.1 Å². The second-order valence-corrected chi connectivity index (χ2v) is 6.34. The monoisotopic (exact) mass is 289 g/mol. The first-order valence-electron chi connectivity index (χ1n) is 8.04. The van der Waals surface area contributed by atoms with E-state index in [0.717, 1.165) is 18.0 Å². The van der Waals surface area contributed by atoms with E-state index in [0.29, 0.717) is 24.9 Å². The summed E-state index contributed by atoms with van der Waals surface area (Å²) >= 11 is 0. The minimum Gasteiger partial charge on any atom is -0.352 e. The van der Waals surface area contributed by atoms with Crippen molar-refractivity contribution in [2.75, 3.05) is 6.54 Å². The molecule has 1 heterocycles. The molecule has 0 bridgehead atoms. The number of nitrogens with one attached hydrogen (secondary N) is 2. The van der Waals surface area contributed by atoms with Gasteiger partial charge in [-0.3, -0.25) is 9.78 Å². The van der Waals surface area contributed by atoms with E-state index in [1.165, 1.54) is 19.3 Å². The molecule has 2 rings (SSSR count). The maximum Gasteiger partial charge on any atom is 0.221 e. The smallest absolute Gasteiger partial charge is 0.221 e. The van der Waals surface area contributed by atoms with Crippen molar-refractivity contribution in [3.8, 4) is 0 Å². The maximum absolute atomic E-state index is 11.8. The van der Waals surface area contributed by atoms with Gasteiger partial charge in [0, 0.05) is 37.9 Å². The Morgan fingerprint density at radius 2 is 2.24 bits per heavy atom. The molecule has 0 aromatic carbocycles. The normalized spacial score (nSPS) is 25.5. The molecule has 0 radical (unpaired) electrons. The van der Waals surface area contributed by atoms with Gasteiger partial charge in [-0.15, -0.1) is 0 Å². The number of hydrogen-bond acceptors (Lipinski definition) is 3. The van der Waals surface area contributed by atoms with Crippen LogP contribution in [0.1, 0.15) is 45.1 Å². The number of aromatic nitrogens is 1. The highest BCUT2D eigenvalue weighted by molar-refractivity contribution is 5.76. The Balaban J connectivity index is 1.61. The summed E-state index contributed by atoms with van der Waals surface area (Å²) in [7, 11) is 0. The van der Waals surface area contributed by atoms with Crippen LogP contribution in [-0.2, 0) is 11.3 Å². The largest absolute Gasteiger partial charge is 0.352 e. The van der Waals surface area contributed by atoms with E-state index in [-0.39, 0.29) is 5.91 Å². The summed E-state index contributed by atoms with van der Waals surface area (Å²) in [5.41, 5.74) is 1.04. The van der Waals surface area contributed by atoms with Crippen LogP contribution in [0.3, 0.4) is 0 Å². The van der Waals surface area contributed by atoms with E-state index in [2.05, 4.69) is 29.5 Å². The molecule has 2 N–H and O–H groups in total. The van der Waals surface area contributed by atoms with Gasteiger partial charge in [0.25, 0.3) is 0 Å². The predicted octanol–water partition coefficient (Wildman–Crippen LogP) is 2.50. The molecule has 1 aromatic rings. The summed E-state index contributed by atoms with van der Waals surface area (Å²) < 4.78 is 0. The van der Waals surface area contributed by atoms with Gasteiger partial charge < -0.3 is 10.6 Å². The summed E-state index contributed by atoms with van der Waals surface area (Å²) in [5.74, 6) is 1.66. The van der Waals surface area contributed by atoms with Crippen molar-refractivity contribution >= 4 is 5.91 Å². The van der Waals surface area contributed by atoms with Gasteiger partial charge in [0.05, 0.1) is 0 Å². The van der Waals surface area contributed by atoms with E-state index < -0.39 is 0 Å². The molecular weight excluding hydrogens is 262 g/mol. The molecule has 1 fully saturated rings. The third kappa shape index (κ3) is 5.46. The summed E-state index contributed by atoms with van der Waals surface area (Å²) in [6, 6.07) is 4.43. The molecule has 0 spiro atoms. The van der Waals surface area contributed by atoms with Gasteiger partial charge in [0.2, 0.25) is 5.91 Å². The van der Waals surface area contributed by atoms with Crippen LogP contribution in [0, 0.1) is 11.8 Å². The van der Waals surface area contributed by atoms with Gasteiger partial charge in [-0.2, -0.15) is 0 Å². The average Bonchev–Trinajstić information content (AvgIpc) is 2.48. The van der Waals surface area contributed by atoms with Gasteiger partial charge in [-0.05, 0) is 42.7 Å². The lowest BCUT2D eigenvalue weighted by Crippen LogP contribution is -2.40. The summed E-state index contributed by atoms with van der Waals surface area (Å²) in [6.45, 7) is 5.97. The van der Waals surface area contributed by atoms with Crippen LogP contribution in [0.5, 0.6) is 0 Å². The van der Waals surface area contributed by atoms with Gasteiger partial charge in [0.15, 0.2) is 0 Å². The minimum absolute atomic E-state index is 0.100. The van der Waals surface area contributed by atoms with Crippen LogP contribution in [-0.4, -0.2) is 23.5 Å². The third-order valence-corrected chi connectivity index (χ3v) is 4.40. The van der Waals surface area contributed by atoms with Crippen LogP contribution in [0.25, 0.3) is 0 Å². The molecule has 1 aliphatic carbocycles. The molecule has 3 atom stereocenters. The lowest BCUT2D eigenvalue weighted by molar-refractivity contribution is -0.121. The molecule has 4 heteroatoms. The molecule has 4 nitrogen and oxygen atoms in total. The molecular formula is C17H27N3O. The molecule has 116 valence electrons. The number of nitrogens with zero attached hydrogens (tertiary/aromatic N) is 1. The first-order chi connectivity index (χ1) is 10.1. The average molecular weight is 289 g/mol. The zero-order valence-corrected chi connectivity index (χ0v) is 13.1. The highest BCUT2D eigenvalue weighted by atomic mass is 16.1. The molecule has 3 unspecified atom stereocenters. The Morgan fingerprint density at radius 1 is 1.38 bits per heavy atom. The first kappa shape index (κ1) is 16.0. The lowest BCUT2D eigenvalue weighted by atomic mass is 9.80. The Morgan fingerprint density at radius 3 is 2.95 bits per heavy atom. The summed E-state index contributed by atoms with van der Waals surface area (Å²) in [5, 5.41) is 6.48. The Labute approximate surface area is 127 Å². The quantitative estimate of drug-likeness (QED) is 0.846. The van der Waals surface area contributed by atoms with Gasteiger partial charge in [0.1, 0.15) is 0 Å². The fraction of sp³-hybridized carbons (Fsp3) is 0.647. The van der Waals surface area contributed by atoms with Gasteiger partial charge >= 0.3 is 0 Å². The first-order valence-corrected chi connectivity index (χ1v) is 8.04. The van der Waals surface area contributed by atoms with Crippen LogP contribution < -0.4 is 10.6 Å². The number of rotatable bonds is 6. The van der Waals surface area contributed by atoms with E-state index in [1.54, 1.807) is 12.4 Å². The second kappa shape index (κ2) is 8.13. The van der Waals surface area contributed by atoms with Crippen molar-refractivity contribution in [2.24, 2.45) is 11.8 Å². The molecule has 0 saturated heterocycles. The maximum atomic E-state index is 11.8. The molecule has 1 aliphatic rings. The van der Waals surface area contributed by atoms with Crippen LogP contribution in [0.2, 0.25) is 0 Å². The van der Waals surface area contributed by atoms with E-state index in [4.69, 9.17) is 0 Å². The van der Waals surface area contributed by atoms with Gasteiger partial charge in [-0.1, -0.05) is 19.9 Å². The zero-order valence-electron chi connectivity index (χ0n) is 13.1. The van der Waals surface area contributed by atoms with E-state index >= 15 is 0 Å². The molecule has 21 heavy (non-hydrogen) atoms. The SMILES string of the molecule is CC1CCC(NCCC(=O)NCc2cccnc2)C(C)C1. The molecule has 0 aliphatic heterocycles. The van der Waals surface area contributed by atoms with Crippen LogP contribution >= 0.6 is 0 Å². The fourth-order valence-electron chi connectivity index (χ4n) is 3.13. The van der Waals surface area contributed by atoms with Crippen molar-refractivity contribution in [1.29, 1.82) is 0 Å². The number of amides is 1. The van der Waals surface area contributed by atoms with Crippen molar-refractivity contribution < 1.29 is 4.79 Å². The number of hydrogen-bond donors (Lipinski definition) is 2. The Kier molecular flexibility index (Phi) is 6.18. The standard InChI is InChI=1S/C17H27N3O/c1-13-5-6-16(14(2)10-13)19-9-7-17(21)20-12-15-4-3-8-18-11-15/h3-4,8,11,13-14,16,19H,5-7,9-10,12H2,1-2H3,(H,20,21). The molecule has 1 amide bonds. The second-order valence-electron chi connectivity index (χ2n) is 6.34. The van der Waals surface area contributed by atoms with Crippen molar-refractivity contribution in [2.45, 2.75) is 52.1 Å². The molecule has 1 saturated carbocycles. The highest BCUT2D eigenvalue weighted by Crippen LogP contribution is 2.28. The van der Waals surface area contributed by atoms with Crippen LogP contribution in [0.15, 0.2) is 24.5 Å². The summed E-state index contributed by atoms with van der Waals surface area (Å²) in [6.07, 6.45) is 7.89. The number of pyridine rings is 1. The van der Waals surface area contributed by atoms with Crippen LogP contribution in [0.4, 0.5) is 0 Å². The van der Waals surface area contributed by atoms with Crippen molar-refractivity contribution in [3.05, 3.63) is 30.1 Å². The number of carbonyl (C=O) groups excluding carboxylic acids is 1. The predicted molar refractivity (Wildman–Crippen MR) is 84.7 cm³/mol. The minimum atomic E-state index is 0.100. The van der Waals surface area contributed by atoms with E-state index in [9.17, 15) is 4.79 Å². The lowest BCUT2D eigenvalue weighted by Gasteiger charge is -2.33.